The quantitative estimate of drug-likeness (QED) is 0.640. The van der Waals surface area contributed by atoms with Crippen molar-refractivity contribution in [3.63, 3.8) is 0 Å². The summed E-state index contributed by atoms with van der Waals surface area (Å²) in [5.41, 5.74) is 5.55. The number of ether oxygens (including phenoxy) is 1. The van der Waals surface area contributed by atoms with E-state index in [9.17, 15) is 14.4 Å². The molecule has 1 atom stereocenters. The molecule has 1 heterocycles. The van der Waals surface area contributed by atoms with Crippen LogP contribution in [0.25, 0.3) is 0 Å². The van der Waals surface area contributed by atoms with E-state index >= 15 is 0 Å². The molecule has 3 amide bonds. The first-order valence-corrected chi connectivity index (χ1v) is 6.74. The third kappa shape index (κ3) is 3.38. The van der Waals surface area contributed by atoms with Crippen LogP contribution in [0.15, 0.2) is 24.3 Å². The Bertz CT molecular complexity index is 556. The number of amides is 3. The molecule has 0 unspecified atom stereocenters. The highest BCUT2D eigenvalue weighted by molar-refractivity contribution is 6.21. The first-order valence-electron chi connectivity index (χ1n) is 6.74. The van der Waals surface area contributed by atoms with Crippen LogP contribution in [0.1, 0.15) is 13.3 Å². The largest absolute Gasteiger partial charge is 0.494 e. The van der Waals surface area contributed by atoms with Crippen LogP contribution >= 0.6 is 0 Å². The zero-order chi connectivity index (χ0) is 15.4. The topological polar surface area (TPSA) is 106 Å². The van der Waals surface area contributed by atoms with Gasteiger partial charge in [-0.05, 0) is 31.2 Å². The van der Waals surface area contributed by atoms with Gasteiger partial charge in [-0.2, -0.15) is 0 Å². The van der Waals surface area contributed by atoms with Gasteiger partial charge in [0.25, 0.3) is 11.8 Å². The maximum Gasteiger partial charge on any atom is 0.292 e. The Hall–Kier alpha value is -2.41. The molecule has 7 nitrogen and oxygen atoms in total. The summed E-state index contributed by atoms with van der Waals surface area (Å²) < 4.78 is 5.32. The summed E-state index contributed by atoms with van der Waals surface area (Å²) >= 11 is 0. The maximum absolute atomic E-state index is 12.2. The van der Waals surface area contributed by atoms with E-state index in [0.717, 1.165) is 4.90 Å². The Labute approximate surface area is 122 Å². The molecule has 0 aliphatic carbocycles. The van der Waals surface area contributed by atoms with Gasteiger partial charge in [0.05, 0.1) is 18.7 Å². The first kappa shape index (κ1) is 15.0. The molecule has 1 saturated heterocycles. The molecular weight excluding hydrogens is 274 g/mol. The molecule has 7 heteroatoms. The van der Waals surface area contributed by atoms with Gasteiger partial charge in [0.2, 0.25) is 5.91 Å². The van der Waals surface area contributed by atoms with Gasteiger partial charge in [0.15, 0.2) is 12.6 Å². The zero-order valence-electron chi connectivity index (χ0n) is 11.7. The van der Waals surface area contributed by atoms with Crippen molar-refractivity contribution in [3.8, 4) is 5.75 Å². The Morgan fingerprint density at radius 1 is 1.38 bits per heavy atom. The fourth-order valence-electron chi connectivity index (χ4n) is 2.23. The molecule has 2 rings (SSSR count). The first-order chi connectivity index (χ1) is 10.0. The number of imide groups is 1. The van der Waals surface area contributed by atoms with Crippen LogP contribution in [-0.2, 0) is 14.4 Å². The molecule has 0 saturated carbocycles. The van der Waals surface area contributed by atoms with Crippen molar-refractivity contribution in [2.24, 2.45) is 5.73 Å². The fraction of sp³-hybridized carbons (Fsp3) is 0.357. The monoisotopic (exact) mass is 292 g/mol. The van der Waals surface area contributed by atoms with E-state index in [1.54, 1.807) is 24.3 Å². The van der Waals surface area contributed by atoms with Crippen molar-refractivity contribution in [2.75, 3.05) is 18.1 Å². The Morgan fingerprint density at radius 3 is 2.62 bits per heavy atom. The van der Waals surface area contributed by atoms with E-state index in [-0.39, 0.29) is 24.8 Å². The van der Waals surface area contributed by atoms with Gasteiger partial charge in [0, 0.05) is 0 Å². The summed E-state index contributed by atoms with van der Waals surface area (Å²) in [6.45, 7) is 2.41. The highest BCUT2D eigenvalue weighted by Gasteiger charge is 2.42. The van der Waals surface area contributed by atoms with Gasteiger partial charge < -0.3 is 15.8 Å². The van der Waals surface area contributed by atoms with Crippen molar-refractivity contribution in [1.82, 2.24) is 0 Å². The lowest BCUT2D eigenvalue weighted by Crippen LogP contribution is -2.93. The number of nitrogens with zero attached hydrogens (tertiary/aromatic N) is 1. The minimum absolute atomic E-state index is 0.0131. The summed E-state index contributed by atoms with van der Waals surface area (Å²) in [5.74, 6) is -0.452. The SMILES string of the molecule is CCOc1ccc(N2C(=O)C[C@H]([NH2+]CC(N)=O)C2=O)cc1. The third-order valence-electron chi connectivity index (χ3n) is 3.19. The molecule has 0 aromatic heterocycles. The lowest BCUT2D eigenvalue weighted by atomic mass is 10.2. The van der Waals surface area contributed by atoms with Gasteiger partial charge in [-0.25, -0.2) is 4.90 Å². The number of hydrogen-bond acceptors (Lipinski definition) is 4. The molecule has 112 valence electrons. The molecule has 1 aromatic rings. The molecule has 4 N–H and O–H groups in total. The number of nitrogens with two attached hydrogens (primary N) is 2. The molecule has 1 aliphatic heterocycles. The van der Waals surface area contributed by atoms with Gasteiger partial charge in [-0.15, -0.1) is 0 Å². The lowest BCUT2D eigenvalue weighted by molar-refractivity contribution is -0.663. The number of anilines is 1. The predicted molar refractivity (Wildman–Crippen MR) is 74.5 cm³/mol. The number of rotatable bonds is 6. The second kappa shape index (κ2) is 6.36. The van der Waals surface area contributed by atoms with Crippen molar-refractivity contribution in [3.05, 3.63) is 24.3 Å². The number of primary amides is 1. The molecule has 0 radical (unpaired) electrons. The number of carbonyl (C=O) groups is 3. The number of hydrogen-bond donors (Lipinski definition) is 2. The van der Waals surface area contributed by atoms with E-state index in [1.165, 1.54) is 5.32 Å². The van der Waals surface area contributed by atoms with Crippen LogP contribution in [0, 0.1) is 0 Å². The van der Waals surface area contributed by atoms with Crippen LogP contribution < -0.4 is 20.7 Å². The second-order valence-corrected chi connectivity index (χ2v) is 4.71. The van der Waals surface area contributed by atoms with Crippen LogP contribution in [0.4, 0.5) is 5.69 Å². The normalized spacial score (nSPS) is 18.1. The van der Waals surface area contributed by atoms with E-state index in [2.05, 4.69) is 0 Å². The van der Waals surface area contributed by atoms with Crippen LogP contribution in [-0.4, -0.2) is 36.9 Å². The molecule has 1 aromatic carbocycles. The number of benzene rings is 1. The van der Waals surface area contributed by atoms with Crippen LogP contribution in [0.5, 0.6) is 5.75 Å². The van der Waals surface area contributed by atoms with Crippen LogP contribution in [0.3, 0.4) is 0 Å². The lowest BCUT2D eigenvalue weighted by Gasteiger charge is -2.14. The Kier molecular flexibility index (Phi) is 4.54. The molecule has 1 aliphatic rings. The Morgan fingerprint density at radius 2 is 2.05 bits per heavy atom. The summed E-state index contributed by atoms with van der Waals surface area (Å²) in [6.07, 6.45) is 0.0688. The van der Waals surface area contributed by atoms with Crippen LogP contribution in [0.2, 0.25) is 0 Å². The van der Waals surface area contributed by atoms with Crippen molar-refractivity contribution < 1.29 is 24.4 Å². The van der Waals surface area contributed by atoms with Crippen molar-refractivity contribution in [2.45, 2.75) is 19.4 Å². The third-order valence-corrected chi connectivity index (χ3v) is 3.19. The molecule has 0 bridgehead atoms. The fourth-order valence-corrected chi connectivity index (χ4v) is 2.23. The van der Waals surface area contributed by atoms with Gasteiger partial charge in [0.1, 0.15) is 5.75 Å². The number of carbonyl (C=O) groups excluding carboxylic acids is 3. The average Bonchev–Trinajstić information content (AvgIpc) is 2.73. The summed E-state index contributed by atoms with van der Waals surface area (Å²) in [5, 5.41) is 1.50. The standard InChI is InChI=1S/C14H17N3O4/c1-2-21-10-5-3-9(4-6-10)17-13(19)7-11(14(17)20)16-8-12(15)18/h3-6,11,16H,2,7-8H2,1H3,(H2,15,18)/p+1/t11-/m0/s1. The highest BCUT2D eigenvalue weighted by atomic mass is 16.5. The molecule has 21 heavy (non-hydrogen) atoms. The second-order valence-electron chi connectivity index (χ2n) is 4.71. The Balaban J connectivity index is 2.10. The minimum atomic E-state index is -0.587. The maximum atomic E-state index is 12.2. The van der Waals surface area contributed by atoms with Gasteiger partial charge in [-0.3, -0.25) is 14.4 Å². The van der Waals surface area contributed by atoms with Gasteiger partial charge in [-0.1, -0.05) is 0 Å². The molecule has 1 fully saturated rings. The molecule has 0 spiro atoms. The average molecular weight is 292 g/mol. The molecular formula is C14H18N3O4+. The van der Waals surface area contributed by atoms with E-state index in [1.807, 2.05) is 6.92 Å². The van der Waals surface area contributed by atoms with Crippen molar-refractivity contribution >= 4 is 23.4 Å². The van der Waals surface area contributed by atoms with Crippen molar-refractivity contribution in [1.29, 1.82) is 0 Å². The highest BCUT2D eigenvalue weighted by Crippen LogP contribution is 2.24. The predicted octanol–water partition coefficient (Wildman–Crippen LogP) is -1.23. The zero-order valence-corrected chi connectivity index (χ0v) is 11.7. The van der Waals surface area contributed by atoms with Gasteiger partial charge >= 0.3 is 0 Å². The minimum Gasteiger partial charge on any atom is -0.494 e. The van der Waals surface area contributed by atoms with E-state index in [4.69, 9.17) is 10.5 Å². The summed E-state index contributed by atoms with van der Waals surface area (Å²) in [6, 6.07) is 6.16. The smallest absolute Gasteiger partial charge is 0.292 e. The van der Waals surface area contributed by atoms with E-state index < -0.39 is 11.9 Å². The number of quaternary nitrogens is 1. The summed E-state index contributed by atoms with van der Waals surface area (Å²) in [7, 11) is 0. The summed E-state index contributed by atoms with van der Waals surface area (Å²) in [4.78, 5) is 36.1. The van der Waals surface area contributed by atoms with E-state index in [0.29, 0.717) is 18.0 Å².